The molecule has 0 spiro atoms. The number of nitrogens with zero attached hydrogens (tertiary/aromatic N) is 2. The van der Waals surface area contributed by atoms with E-state index in [0.29, 0.717) is 22.9 Å². The molecule has 0 unspecified atom stereocenters. The van der Waals surface area contributed by atoms with Crippen molar-refractivity contribution >= 4 is 39.7 Å². The first-order valence-corrected chi connectivity index (χ1v) is 8.69. The van der Waals surface area contributed by atoms with E-state index in [1.807, 2.05) is 66.7 Å². The average molecular weight is 370 g/mol. The molecule has 0 aliphatic carbocycles. The molecular formula is C21H18N6O. The highest BCUT2D eigenvalue weighted by Crippen LogP contribution is 2.25. The number of para-hydroxylation sites is 1. The number of hydrogen-bond acceptors (Lipinski definition) is 6. The molecule has 28 heavy (non-hydrogen) atoms. The van der Waals surface area contributed by atoms with Gasteiger partial charge in [-0.15, -0.1) is 0 Å². The van der Waals surface area contributed by atoms with Crippen molar-refractivity contribution in [2.45, 2.75) is 0 Å². The van der Waals surface area contributed by atoms with Crippen LogP contribution in [0.1, 0.15) is 10.4 Å². The van der Waals surface area contributed by atoms with Crippen molar-refractivity contribution in [3.63, 3.8) is 0 Å². The van der Waals surface area contributed by atoms with E-state index >= 15 is 0 Å². The van der Waals surface area contributed by atoms with E-state index in [4.69, 9.17) is 5.73 Å². The molecule has 0 radical (unpaired) electrons. The summed E-state index contributed by atoms with van der Waals surface area (Å²) < 4.78 is 0. The summed E-state index contributed by atoms with van der Waals surface area (Å²) in [4.78, 5) is 20.9. The molecule has 138 valence electrons. The molecule has 3 aromatic carbocycles. The summed E-state index contributed by atoms with van der Waals surface area (Å²) in [5, 5.41) is 4.99. The molecule has 0 fully saturated rings. The lowest BCUT2D eigenvalue weighted by Gasteiger charge is -2.13. The minimum absolute atomic E-state index is 0.285. The monoisotopic (exact) mass is 370 g/mol. The van der Waals surface area contributed by atoms with E-state index in [9.17, 15) is 4.79 Å². The Balaban J connectivity index is 1.52. The lowest BCUT2D eigenvalue weighted by molar-refractivity contribution is 0.0964. The molecule has 5 N–H and O–H groups in total. The second-order valence-electron chi connectivity index (χ2n) is 6.08. The molecule has 7 nitrogen and oxygen atoms in total. The van der Waals surface area contributed by atoms with Crippen LogP contribution in [0.15, 0.2) is 79.1 Å². The zero-order valence-electron chi connectivity index (χ0n) is 14.9. The number of amides is 1. The summed E-state index contributed by atoms with van der Waals surface area (Å²) in [6.45, 7) is 0. The van der Waals surface area contributed by atoms with Crippen LogP contribution in [0.5, 0.6) is 0 Å². The standard InChI is InChI=1S/C21H18N6O/c22-18-19(25-15-9-2-1-3-10-15)23-13-24-20(18)26-27-21(28)17-12-6-8-14-7-4-5-11-16(14)17/h1-13H,22H2,(H,27,28)(H2,23,24,25,26). The molecule has 0 saturated carbocycles. The number of hydrazine groups is 1. The minimum Gasteiger partial charge on any atom is -0.393 e. The van der Waals surface area contributed by atoms with E-state index in [0.717, 1.165) is 16.5 Å². The van der Waals surface area contributed by atoms with Crippen molar-refractivity contribution in [3.8, 4) is 0 Å². The largest absolute Gasteiger partial charge is 0.393 e. The molecule has 7 heteroatoms. The fourth-order valence-corrected chi connectivity index (χ4v) is 2.86. The number of benzene rings is 3. The third-order valence-corrected chi connectivity index (χ3v) is 4.25. The molecule has 0 bridgehead atoms. The van der Waals surface area contributed by atoms with Gasteiger partial charge in [0.25, 0.3) is 5.91 Å². The van der Waals surface area contributed by atoms with Crippen molar-refractivity contribution in [3.05, 3.63) is 84.7 Å². The van der Waals surface area contributed by atoms with Crippen LogP contribution in [0.4, 0.5) is 23.0 Å². The van der Waals surface area contributed by atoms with E-state index in [2.05, 4.69) is 26.1 Å². The summed E-state index contributed by atoms with van der Waals surface area (Å²) in [6.07, 6.45) is 1.37. The Labute approximate surface area is 161 Å². The molecule has 4 rings (SSSR count). The Bertz CT molecular complexity index is 1120. The number of nitrogens with one attached hydrogen (secondary N) is 3. The Morgan fingerprint density at radius 2 is 1.54 bits per heavy atom. The second-order valence-corrected chi connectivity index (χ2v) is 6.08. The first kappa shape index (κ1) is 17.3. The van der Waals surface area contributed by atoms with E-state index in [1.165, 1.54) is 6.33 Å². The van der Waals surface area contributed by atoms with Gasteiger partial charge in [-0.1, -0.05) is 54.6 Å². The van der Waals surface area contributed by atoms with Gasteiger partial charge >= 0.3 is 0 Å². The van der Waals surface area contributed by atoms with Gasteiger partial charge in [-0.05, 0) is 29.0 Å². The van der Waals surface area contributed by atoms with Crippen LogP contribution in [0.25, 0.3) is 10.8 Å². The maximum Gasteiger partial charge on any atom is 0.270 e. The van der Waals surface area contributed by atoms with E-state index in [1.54, 1.807) is 6.07 Å². The van der Waals surface area contributed by atoms with Crippen LogP contribution in [0, 0.1) is 0 Å². The number of carbonyl (C=O) groups excluding carboxylic acids is 1. The summed E-state index contributed by atoms with van der Waals surface area (Å²) >= 11 is 0. The predicted molar refractivity (Wildman–Crippen MR) is 111 cm³/mol. The van der Waals surface area contributed by atoms with Crippen molar-refractivity contribution < 1.29 is 4.79 Å². The first-order valence-electron chi connectivity index (χ1n) is 8.69. The molecular weight excluding hydrogens is 352 g/mol. The highest BCUT2D eigenvalue weighted by Gasteiger charge is 2.12. The van der Waals surface area contributed by atoms with E-state index < -0.39 is 0 Å². The number of rotatable bonds is 5. The van der Waals surface area contributed by atoms with E-state index in [-0.39, 0.29) is 5.91 Å². The summed E-state index contributed by atoms with van der Waals surface area (Å²) in [7, 11) is 0. The fourth-order valence-electron chi connectivity index (χ4n) is 2.86. The van der Waals surface area contributed by atoms with Crippen molar-refractivity contribution in [1.29, 1.82) is 0 Å². The Hall–Kier alpha value is -4.13. The summed E-state index contributed by atoms with van der Waals surface area (Å²) in [5.41, 5.74) is 13.3. The molecule has 0 atom stereocenters. The number of anilines is 4. The highest BCUT2D eigenvalue weighted by molar-refractivity contribution is 6.07. The van der Waals surface area contributed by atoms with Gasteiger partial charge in [-0.2, -0.15) is 0 Å². The van der Waals surface area contributed by atoms with Crippen molar-refractivity contribution in [1.82, 2.24) is 15.4 Å². The third kappa shape index (κ3) is 3.54. The van der Waals surface area contributed by atoms with Crippen LogP contribution in [0.2, 0.25) is 0 Å². The Kier molecular flexibility index (Phi) is 4.71. The topological polar surface area (TPSA) is 105 Å². The lowest BCUT2D eigenvalue weighted by atomic mass is 10.0. The highest BCUT2D eigenvalue weighted by atomic mass is 16.2. The summed E-state index contributed by atoms with van der Waals surface area (Å²) in [5.74, 6) is 0.470. The first-order chi connectivity index (χ1) is 13.7. The molecule has 0 aliphatic rings. The maximum absolute atomic E-state index is 12.6. The lowest BCUT2D eigenvalue weighted by Crippen LogP contribution is -2.30. The fraction of sp³-hybridized carbons (Fsp3) is 0. The second kappa shape index (κ2) is 7.63. The van der Waals surface area contributed by atoms with Gasteiger partial charge < -0.3 is 11.1 Å². The van der Waals surface area contributed by atoms with Gasteiger partial charge in [0.2, 0.25) is 0 Å². The maximum atomic E-state index is 12.6. The third-order valence-electron chi connectivity index (χ3n) is 4.25. The summed E-state index contributed by atoms with van der Waals surface area (Å²) in [6, 6.07) is 22.8. The van der Waals surface area contributed by atoms with Gasteiger partial charge in [0.05, 0.1) is 0 Å². The zero-order valence-corrected chi connectivity index (χ0v) is 14.9. The van der Waals surface area contributed by atoms with Crippen LogP contribution in [-0.2, 0) is 0 Å². The average Bonchev–Trinajstić information content (AvgIpc) is 2.74. The number of carbonyl (C=O) groups is 1. The van der Waals surface area contributed by atoms with Crippen molar-refractivity contribution in [2.24, 2.45) is 0 Å². The number of nitrogen functional groups attached to an aromatic ring is 1. The minimum atomic E-state index is -0.285. The van der Waals surface area contributed by atoms with Crippen molar-refractivity contribution in [2.75, 3.05) is 16.5 Å². The zero-order chi connectivity index (χ0) is 19.3. The molecule has 0 saturated heterocycles. The number of fused-ring (bicyclic) bond motifs is 1. The molecule has 1 amide bonds. The Morgan fingerprint density at radius 1 is 0.821 bits per heavy atom. The van der Waals surface area contributed by atoms with Crippen LogP contribution < -0.4 is 21.9 Å². The predicted octanol–water partition coefficient (Wildman–Crippen LogP) is 3.71. The molecule has 0 aliphatic heterocycles. The SMILES string of the molecule is Nc1c(NNC(=O)c2cccc3ccccc23)ncnc1Nc1ccccc1. The van der Waals surface area contributed by atoms with Gasteiger partial charge in [0.1, 0.15) is 12.0 Å². The molecule has 4 aromatic rings. The van der Waals surface area contributed by atoms with Gasteiger partial charge in [-0.25, -0.2) is 9.97 Å². The number of aromatic nitrogens is 2. The normalized spacial score (nSPS) is 10.4. The Morgan fingerprint density at radius 3 is 2.39 bits per heavy atom. The van der Waals surface area contributed by atoms with Gasteiger partial charge in [-0.3, -0.25) is 15.6 Å². The molecule has 1 heterocycles. The van der Waals surface area contributed by atoms with Crippen LogP contribution >= 0.6 is 0 Å². The van der Waals surface area contributed by atoms with Gasteiger partial charge in [0, 0.05) is 11.3 Å². The smallest absolute Gasteiger partial charge is 0.270 e. The van der Waals surface area contributed by atoms with Gasteiger partial charge in [0.15, 0.2) is 11.6 Å². The van der Waals surface area contributed by atoms with Crippen LogP contribution in [0.3, 0.4) is 0 Å². The quantitative estimate of drug-likeness (QED) is 0.399. The molecule has 1 aromatic heterocycles. The number of hydrogen-bond donors (Lipinski definition) is 4. The number of nitrogens with two attached hydrogens (primary N) is 1. The van der Waals surface area contributed by atoms with Crippen LogP contribution in [-0.4, -0.2) is 15.9 Å².